The highest BCUT2D eigenvalue weighted by atomic mass is 35.5. The smallest absolute Gasteiger partial charge is 0.339 e. The number of allylic oxidation sites excluding steroid dienone is 1. The zero-order valence-electron chi connectivity index (χ0n) is 19.2. The van der Waals surface area contributed by atoms with E-state index in [1.807, 2.05) is 6.92 Å². The summed E-state index contributed by atoms with van der Waals surface area (Å²) >= 11 is 12.1. The van der Waals surface area contributed by atoms with Crippen molar-refractivity contribution >= 4 is 55.2 Å². The standard InChI is InChI=1S/C24H24Cl2N2O5S2/c1-4-8-19(33-35(31,32)23-13-7-11-21(26)17(23)3)15-18-9-5-14-24(27-18)28-34(29,30)22-12-6-10-20(25)16(22)2/h5-7,9-15H,4,8H2,1-3H3,(H,27,28)/b19-15-. The molecule has 0 aliphatic rings. The van der Waals surface area contributed by atoms with Crippen molar-refractivity contribution in [2.24, 2.45) is 0 Å². The first kappa shape index (κ1) is 27.0. The minimum atomic E-state index is -4.14. The number of hydrogen-bond donors (Lipinski definition) is 1. The maximum atomic E-state index is 12.9. The number of nitrogens with zero attached hydrogens (tertiary/aromatic N) is 1. The van der Waals surface area contributed by atoms with Crippen LogP contribution >= 0.6 is 23.2 Å². The van der Waals surface area contributed by atoms with E-state index in [0.717, 1.165) is 0 Å². The van der Waals surface area contributed by atoms with E-state index < -0.39 is 20.1 Å². The van der Waals surface area contributed by atoms with Crippen LogP contribution in [0.15, 0.2) is 70.1 Å². The van der Waals surface area contributed by atoms with Crippen molar-refractivity contribution in [3.8, 4) is 0 Å². The molecule has 0 spiro atoms. The van der Waals surface area contributed by atoms with Gasteiger partial charge in [-0.05, 0) is 67.8 Å². The predicted octanol–water partition coefficient (Wildman–Crippen LogP) is 6.35. The number of rotatable bonds is 9. The molecule has 3 aromatic rings. The maximum absolute atomic E-state index is 12.9. The molecule has 0 atom stereocenters. The first-order valence-corrected chi connectivity index (χ1v) is 14.2. The van der Waals surface area contributed by atoms with Gasteiger partial charge in [0.25, 0.3) is 10.0 Å². The third-order valence-electron chi connectivity index (χ3n) is 5.03. The monoisotopic (exact) mass is 554 g/mol. The van der Waals surface area contributed by atoms with Gasteiger partial charge in [-0.15, -0.1) is 0 Å². The molecule has 35 heavy (non-hydrogen) atoms. The topological polar surface area (TPSA) is 102 Å². The van der Waals surface area contributed by atoms with Crippen molar-refractivity contribution in [1.29, 1.82) is 0 Å². The van der Waals surface area contributed by atoms with Crippen LogP contribution in [0.3, 0.4) is 0 Å². The van der Waals surface area contributed by atoms with Crippen molar-refractivity contribution in [3.63, 3.8) is 0 Å². The van der Waals surface area contributed by atoms with Gasteiger partial charge in [0.15, 0.2) is 0 Å². The molecule has 186 valence electrons. The Morgan fingerprint density at radius 3 is 2.11 bits per heavy atom. The molecular formula is C24H24Cl2N2O5S2. The van der Waals surface area contributed by atoms with Crippen molar-refractivity contribution in [2.45, 2.75) is 43.4 Å². The Bertz CT molecular complexity index is 1490. The Morgan fingerprint density at radius 1 is 0.914 bits per heavy atom. The molecule has 11 heteroatoms. The van der Waals surface area contributed by atoms with Gasteiger partial charge < -0.3 is 4.18 Å². The first-order chi connectivity index (χ1) is 16.4. The lowest BCUT2D eigenvalue weighted by molar-refractivity contribution is 0.393. The fourth-order valence-electron chi connectivity index (χ4n) is 3.25. The Balaban J connectivity index is 1.91. The minimum absolute atomic E-state index is 0.0293. The summed E-state index contributed by atoms with van der Waals surface area (Å²) in [5.41, 5.74) is 1.11. The van der Waals surface area contributed by atoms with E-state index in [9.17, 15) is 16.8 Å². The molecular weight excluding hydrogens is 531 g/mol. The Labute approximate surface area is 215 Å². The fraction of sp³-hybridized carbons (Fsp3) is 0.208. The molecule has 0 radical (unpaired) electrons. The highest BCUT2D eigenvalue weighted by Gasteiger charge is 2.22. The number of halogens is 2. The quantitative estimate of drug-likeness (QED) is 0.244. The van der Waals surface area contributed by atoms with Crippen molar-refractivity contribution in [2.75, 3.05) is 4.72 Å². The van der Waals surface area contributed by atoms with Crippen LogP contribution in [0.2, 0.25) is 10.0 Å². The van der Waals surface area contributed by atoms with Gasteiger partial charge in [0.05, 0.1) is 10.6 Å². The summed E-state index contributed by atoms with van der Waals surface area (Å²) in [5.74, 6) is 0.215. The zero-order chi connectivity index (χ0) is 25.8. The number of benzene rings is 2. The molecule has 0 amide bonds. The van der Waals surface area contributed by atoms with Gasteiger partial charge >= 0.3 is 10.1 Å². The zero-order valence-corrected chi connectivity index (χ0v) is 22.4. The average molecular weight is 556 g/mol. The first-order valence-electron chi connectivity index (χ1n) is 10.6. The maximum Gasteiger partial charge on any atom is 0.339 e. The molecule has 0 unspecified atom stereocenters. The summed E-state index contributed by atoms with van der Waals surface area (Å²) in [6.45, 7) is 5.08. The number of aromatic nitrogens is 1. The number of anilines is 1. The summed E-state index contributed by atoms with van der Waals surface area (Å²) in [4.78, 5) is 4.30. The number of hydrogen-bond acceptors (Lipinski definition) is 6. The molecule has 0 aliphatic carbocycles. The average Bonchev–Trinajstić information content (AvgIpc) is 2.77. The molecule has 0 aliphatic heterocycles. The summed E-state index contributed by atoms with van der Waals surface area (Å²) in [6.07, 6.45) is 2.39. The van der Waals surface area contributed by atoms with Crippen LogP contribution in [0, 0.1) is 13.8 Å². The van der Waals surface area contributed by atoms with Crippen LogP contribution in [-0.2, 0) is 24.3 Å². The Morgan fingerprint density at radius 2 is 1.49 bits per heavy atom. The lowest BCUT2D eigenvalue weighted by atomic mass is 10.2. The number of pyridine rings is 1. The lowest BCUT2D eigenvalue weighted by Gasteiger charge is -2.13. The SMILES string of the molecule is CCC/C(=C/c1cccc(NS(=O)(=O)c2cccc(Cl)c2C)n1)OS(=O)(=O)c1cccc(Cl)c1C. The molecule has 0 saturated heterocycles. The molecule has 1 aromatic heterocycles. The molecule has 0 saturated carbocycles. The van der Waals surface area contributed by atoms with Gasteiger partial charge in [0.1, 0.15) is 16.5 Å². The van der Waals surface area contributed by atoms with Crippen LogP contribution < -0.4 is 4.72 Å². The highest BCUT2D eigenvalue weighted by Crippen LogP contribution is 2.28. The second-order valence-electron chi connectivity index (χ2n) is 7.68. The lowest BCUT2D eigenvalue weighted by Crippen LogP contribution is -2.15. The van der Waals surface area contributed by atoms with Gasteiger partial charge in [0, 0.05) is 22.5 Å². The summed E-state index contributed by atoms with van der Waals surface area (Å²) < 4.78 is 59.4. The summed E-state index contributed by atoms with van der Waals surface area (Å²) in [6, 6.07) is 13.9. The Hall–Kier alpha value is -2.59. The third kappa shape index (κ3) is 6.55. The van der Waals surface area contributed by atoms with E-state index in [0.29, 0.717) is 39.7 Å². The van der Waals surface area contributed by atoms with Crippen molar-refractivity contribution in [1.82, 2.24) is 4.98 Å². The molecule has 1 heterocycles. The second kappa shape index (κ2) is 11.0. The summed E-state index contributed by atoms with van der Waals surface area (Å²) in [5, 5.41) is 0.641. The van der Waals surface area contributed by atoms with Gasteiger partial charge in [-0.2, -0.15) is 8.42 Å². The minimum Gasteiger partial charge on any atom is -0.383 e. The van der Waals surface area contributed by atoms with E-state index >= 15 is 0 Å². The van der Waals surface area contributed by atoms with Gasteiger partial charge in [-0.25, -0.2) is 13.4 Å². The highest BCUT2D eigenvalue weighted by molar-refractivity contribution is 7.92. The molecule has 0 fully saturated rings. The van der Waals surface area contributed by atoms with Gasteiger partial charge in [0.2, 0.25) is 0 Å². The van der Waals surface area contributed by atoms with Crippen molar-refractivity contribution in [3.05, 3.63) is 87.2 Å². The summed E-state index contributed by atoms with van der Waals surface area (Å²) in [7, 11) is -8.10. The molecule has 3 rings (SSSR count). The van der Waals surface area contributed by atoms with Crippen LogP contribution in [0.5, 0.6) is 0 Å². The van der Waals surface area contributed by atoms with E-state index in [1.165, 1.54) is 30.3 Å². The number of nitrogens with one attached hydrogen (secondary N) is 1. The Kier molecular flexibility index (Phi) is 8.48. The van der Waals surface area contributed by atoms with E-state index in [4.69, 9.17) is 27.4 Å². The fourth-order valence-corrected chi connectivity index (χ4v) is 6.22. The molecule has 0 bridgehead atoms. The number of sulfonamides is 1. The second-order valence-corrected chi connectivity index (χ2v) is 11.7. The normalized spacial score (nSPS) is 12.4. The van der Waals surface area contributed by atoms with Gasteiger partial charge in [-0.1, -0.05) is 48.3 Å². The largest absolute Gasteiger partial charge is 0.383 e. The van der Waals surface area contributed by atoms with E-state index in [1.54, 1.807) is 44.2 Å². The third-order valence-corrected chi connectivity index (χ3v) is 8.76. The van der Waals surface area contributed by atoms with Gasteiger partial charge in [-0.3, -0.25) is 4.72 Å². The molecule has 2 aromatic carbocycles. The van der Waals surface area contributed by atoms with Crippen LogP contribution in [0.25, 0.3) is 6.08 Å². The van der Waals surface area contributed by atoms with Crippen LogP contribution in [-0.4, -0.2) is 21.8 Å². The molecule has 7 nitrogen and oxygen atoms in total. The van der Waals surface area contributed by atoms with E-state index in [-0.39, 0.29) is 21.4 Å². The van der Waals surface area contributed by atoms with Crippen LogP contribution in [0.4, 0.5) is 5.82 Å². The predicted molar refractivity (Wildman–Crippen MR) is 139 cm³/mol. The van der Waals surface area contributed by atoms with E-state index in [2.05, 4.69) is 9.71 Å². The van der Waals surface area contributed by atoms with Crippen LogP contribution in [0.1, 0.15) is 36.6 Å². The molecule has 1 N–H and O–H groups in total. The van der Waals surface area contributed by atoms with Crippen molar-refractivity contribution < 1.29 is 21.0 Å².